The van der Waals surface area contributed by atoms with Gasteiger partial charge in [-0.05, 0) is 53.6 Å². The number of alkyl halides is 3. The van der Waals surface area contributed by atoms with E-state index in [-0.39, 0.29) is 17.9 Å². The maximum atomic E-state index is 13.3. The van der Waals surface area contributed by atoms with Gasteiger partial charge in [-0.3, -0.25) is 4.57 Å². The molecule has 0 saturated carbocycles. The zero-order valence-corrected chi connectivity index (χ0v) is 22.0. The molecule has 0 aliphatic carbocycles. The molecule has 1 aromatic heterocycles. The smallest absolute Gasteiger partial charge is 0.390 e. The van der Waals surface area contributed by atoms with Crippen LogP contribution in [0.25, 0.3) is 22.5 Å². The third-order valence-corrected chi connectivity index (χ3v) is 6.81. The van der Waals surface area contributed by atoms with Crippen LogP contribution in [0, 0.1) is 0 Å². The lowest BCUT2D eigenvalue weighted by molar-refractivity contribution is -0.136. The van der Waals surface area contributed by atoms with E-state index in [0.717, 1.165) is 9.25 Å². The van der Waals surface area contributed by atoms with Crippen molar-refractivity contribution in [2.45, 2.75) is 25.7 Å². The molecule has 12 heteroatoms. The van der Waals surface area contributed by atoms with Crippen molar-refractivity contribution >= 4 is 40.8 Å². The summed E-state index contributed by atoms with van der Waals surface area (Å²) in [6.45, 7) is -0.864. The third-order valence-electron chi connectivity index (χ3n) is 5.74. The predicted octanol–water partition coefficient (Wildman–Crippen LogP) is 7.13. The summed E-state index contributed by atoms with van der Waals surface area (Å²) < 4.78 is 45.9. The molecule has 4 aromatic rings. The van der Waals surface area contributed by atoms with Crippen molar-refractivity contribution in [3.8, 4) is 22.5 Å². The topological polar surface area (TPSA) is 66.1 Å². The second-order valence-corrected chi connectivity index (χ2v) is 9.47. The van der Waals surface area contributed by atoms with Crippen LogP contribution < -0.4 is 5.69 Å². The lowest BCUT2D eigenvalue weighted by Gasteiger charge is -2.12. The first-order valence-corrected chi connectivity index (χ1v) is 12.3. The number of aromatic nitrogens is 3. The molecule has 4 rings (SSSR count). The molecule has 0 amide bonds. The number of carbonyl (C=O) groups excluding carboxylic acids is 1. The van der Waals surface area contributed by atoms with Gasteiger partial charge < -0.3 is 4.74 Å². The number of nitrogens with zero attached hydrogens (tertiary/aromatic N) is 3. The van der Waals surface area contributed by atoms with E-state index in [0.29, 0.717) is 37.3 Å². The fourth-order valence-electron chi connectivity index (χ4n) is 3.89. The van der Waals surface area contributed by atoms with Crippen molar-refractivity contribution in [3.63, 3.8) is 0 Å². The van der Waals surface area contributed by atoms with Gasteiger partial charge in [0, 0.05) is 22.7 Å². The number of halogens is 6. The molecule has 0 aliphatic heterocycles. The molecule has 0 fully saturated rings. The summed E-state index contributed by atoms with van der Waals surface area (Å²) in [6, 6.07) is 16.1. The summed E-state index contributed by atoms with van der Waals surface area (Å²) in [5, 5.41) is 5.36. The zero-order chi connectivity index (χ0) is 27.6. The summed E-state index contributed by atoms with van der Waals surface area (Å²) in [4.78, 5) is 25.8. The number of ether oxygens (including phenoxy) is 1. The van der Waals surface area contributed by atoms with E-state index in [4.69, 9.17) is 39.5 Å². The van der Waals surface area contributed by atoms with Gasteiger partial charge in [0.05, 0.1) is 35.7 Å². The van der Waals surface area contributed by atoms with Crippen LogP contribution in [0.15, 0.2) is 65.5 Å². The standard InChI is InChI=1S/C26H19Cl3F3N3O3/c1-38-24(36)20-10-7-16(19-3-2-4-21(28)22(19)29)13-17(20)14-35-25(37)34(12-11-26(30,31)32)23(33-35)15-5-8-18(27)9-6-15/h2-10,13H,11-12,14H2,1H3. The first-order valence-electron chi connectivity index (χ1n) is 11.1. The Bertz CT molecular complexity index is 1550. The molecule has 0 radical (unpaired) electrons. The monoisotopic (exact) mass is 583 g/mol. The molecule has 0 atom stereocenters. The third kappa shape index (κ3) is 6.06. The largest absolute Gasteiger partial charge is 0.465 e. The quantitative estimate of drug-likeness (QED) is 0.217. The van der Waals surface area contributed by atoms with E-state index >= 15 is 0 Å². The molecule has 6 nitrogen and oxygen atoms in total. The molecule has 38 heavy (non-hydrogen) atoms. The maximum Gasteiger partial charge on any atom is 0.390 e. The van der Waals surface area contributed by atoms with Gasteiger partial charge in [0.25, 0.3) is 0 Å². The summed E-state index contributed by atoms with van der Waals surface area (Å²) in [5.41, 5.74) is 1.31. The van der Waals surface area contributed by atoms with Gasteiger partial charge >= 0.3 is 17.8 Å². The van der Waals surface area contributed by atoms with Gasteiger partial charge in [0.1, 0.15) is 0 Å². The molecule has 0 saturated heterocycles. The Morgan fingerprint density at radius 1 is 1.00 bits per heavy atom. The minimum atomic E-state index is -4.48. The fourth-order valence-corrected chi connectivity index (χ4v) is 4.42. The molecule has 0 aliphatic rings. The van der Waals surface area contributed by atoms with Gasteiger partial charge in [0.15, 0.2) is 5.82 Å². The molecule has 0 N–H and O–H groups in total. The number of carbonyl (C=O) groups is 1. The summed E-state index contributed by atoms with van der Waals surface area (Å²) in [7, 11) is 1.21. The number of esters is 1. The van der Waals surface area contributed by atoms with Gasteiger partial charge in [-0.1, -0.05) is 53.0 Å². The predicted molar refractivity (Wildman–Crippen MR) is 140 cm³/mol. The zero-order valence-electron chi connectivity index (χ0n) is 19.7. The Balaban J connectivity index is 1.83. The Morgan fingerprint density at radius 2 is 1.68 bits per heavy atom. The van der Waals surface area contributed by atoms with Crippen LogP contribution in [0.2, 0.25) is 15.1 Å². The second-order valence-electron chi connectivity index (χ2n) is 8.25. The van der Waals surface area contributed by atoms with E-state index in [9.17, 15) is 22.8 Å². The van der Waals surface area contributed by atoms with Crippen molar-refractivity contribution in [1.82, 2.24) is 14.3 Å². The van der Waals surface area contributed by atoms with Gasteiger partial charge in [-0.15, -0.1) is 5.10 Å². The van der Waals surface area contributed by atoms with E-state index in [1.807, 2.05) is 0 Å². The molecule has 3 aromatic carbocycles. The Labute approximate surface area is 230 Å². The van der Waals surface area contributed by atoms with Crippen molar-refractivity contribution in [1.29, 1.82) is 0 Å². The Kier molecular flexibility index (Phi) is 8.20. The Hall–Kier alpha value is -3.27. The highest BCUT2D eigenvalue weighted by atomic mass is 35.5. The fraction of sp³-hybridized carbons (Fsp3) is 0.192. The van der Waals surface area contributed by atoms with E-state index < -0.39 is 30.8 Å². The summed E-state index contributed by atoms with van der Waals surface area (Å²) in [6.07, 6.45) is -5.71. The van der Waals surface area contributed by atoms with Crippen molar-refractivity contribution in [2.75, 3.05) is 7.11 Å². The normalized spacial score (nSPS) is 11.6. The average Bonchev–Trinajstić information content (AvgIpc) is 3.18. The van der Waals surface area contributed by atoms with Gasteiger partial charge in [-0.2, -0.15) is 13.2 Å². The van der Waals surface area contributed by atoms with Crippen LogP contribution in [0.1, 0.15) is 22.3 Å². The first-order chi connectivity index (χ1) is 18.0. The number of benzene rings is 3. The van der Waals surface area contributed by atoms with Crippen molar-refractivity contribution in [3.05, 3.63) is 97.3 Å². The van der Waals surface area contributed by atoms with Crippen LogP contribution in [-0.4, -0.2) is 33.6 Å². The lowest BCUT2D eigenvalue weighted by atomic mass is 9.99. The lowest BCUT2D eigenvalue weighted by Crippen LogP contribution is -2.28. The molecular weight excluding hydrogens is 566 g/mol. The second kappa shape index (κ2) is 11.2. The summed E-state index contributed by atoms with van der Waals surface area (Å²) in [5.74, 6) is -0.629. The van der Waals surface area contributed by atoms with Crippen molar-refractivity contribution < 1.29 is 22.7 Å². The summed E-state index contributed by atoms with van der Waals surface area (Å²) >= 11 is 18.5. The molecule has 0 bridgehead atoms. The van der Waals surface area contributed by atoms with Crippen LogP contribution in [0.5, 0.6) is 0 Å². The molecular formula is C26H19Cl3F3N3O3. The van der Waals surface area contributed by atoms with Crippen molar-refractivity contribution in [2.24, 2.45) is 0 Å². The number of rotatable bonds is 7. The molecule has 1 heterocycles. The Morgan fingerprint density at radius 3 is 2.34 bits per heavy atom. The van der Waals surface area contributed by atoms with E-state index in [1.54, 1.807) is 54.6 Å². The van der Waals surface area contributed by atoms with Crippen LogP contribution in [-0.2, 0) is 17.8 Å². The first kappa shape index (κ1) is 27.8. The highest BCUT2D eigenvalue weighted by molar-refractivity contribution is 6.43. The van der Waals surface area contributed by atoms with Crippen LogP contribution in [0.4, 0.5) is 13.2 Å². The minimum absolute atomic E-state index is 0.0320. The molecule has 0 spiro atoms. The number of hydrogen-bond donors (Lipinski definition) is 0. The molecule has 198 valence electrons. The van der Waals surface area contributed by atoms with Crippen LogP contribution in [0.3, 0.4) is 0 Å². The van der Waals surface area contributed by atoms with Gasteiger partial charge in [0.2, 0.25) is 0 Å². The number of hydrogen-bond acceptors (Lipinski definition) is 4. The minimum Gasteiger partial charge on any atom is -0.465 e. The van der Waals surface area contributed by atoms with E-state index in [2.05, 4.69) is 5.10 Å². The average molecular weight is 585 g/mol. The maximum absolute atomic E-state index is 13.3. The van der Waals surface area contributed by atoms with E-state index in [1.165, 1.54) is 13.2 Å². The number of methoxy groups -OCH3 is 1. The SMILES string of the molecule is COC(=O)c1ccc(-c2cccc(Cl)c2Cl)cc1Cn1nc(-c2ccc(Cl)cc2)n(CCC(F)(F)F)c1=O. The van der Waals surface area contributed by atoms with Crippen LogP contribution >= 0.6 is 34.8 Å². The highest BCUT2D eigenvalue weighted by Gasteiger charge is 2.29. The molecule has 0 unspecified atom stereocenters. The van der Waals surface area contributed by atoms with Gasteiger partial charge in [-0.25, -0.2) is 14.3 Å². The highest BCUT2D eigenvalue weighted by Crippen LogP contribution is 2.34.